The van der Waals surface area contributed by atoms with Gasteiger partial charge >= 0.3 is 5.97 Å². The highest BCUT2D eigenvalue weighted by Crippen LogP contribution is 2.31. The fourth-order valence-electron chi connectivity index (χ4n) is 2.11. The summed E-state index contributed by atoms with van der Waals surface area (Å²) in [6.45, 7) is 1.86. The Morgan fingerprint density at radius 2 is 1.68 bits per heavy atom. The summed E-state index contributed by atoms with van der Waals surface area (Å²) in [6, 6.07) is 13.6. The summed E-state index contributed by atoms with van der Waals surface area (Å²) in [5.41, 5.74) is 0.821. The maximum Gasteiger partial charge on any atom is 0.339 e. The van der Waals surface area contributed by atoms with Crippen molar-refractivity contribution in [1.82, 2.24) is 15.0 Å². The molecule has 0 aliphatic carbocycles. The number of esters is 1. The minimum absolute atomic E-state index is 0.216. The van der Waals surface area contributed by atoms with Crippen LogP contribution in [0.2, 0.25) is 0 Å². The molecule has 0 radical (unpaired) electrons. The summed E-state index contributed by atoms with van der Waals surface area (Å²) in [5, 5.41) is 0. The zero-order valence-corrected chi connectivity index (χ0v) is 15.2. The van der Waals surface area contributed by atoms with Crippen molar-refractivity contribution in [2.24, 2.45) is 0 Å². The molecule has 0 amide bonds. The molecule has 0 fully saturated rings. The van der Waals surface area contributed by atoms with Crippen LogP contribution < -0.4 is 14.2 Å². The lowest BCUT2D eigenvalue weighted by Crippen LogP contribution is -2.05. The zero-order valence-electron chi connectivity index (χ0n) is 15.2. The Hall–Kier alpha value is -3.94. The molecule has 0 aliphatic heterocycles. The van der Waals surface area contributed by atoms with Crippen molar-refractivity contribution >= 4 is 5.97 Å². The molecule has 1 aromatic carbocycles. The second-order valence-electron chi connectivity index (χ2n) is 5.42. The van der Waals surface area contributed by atoms with Crippen molar-refractivity contribution in [3.8, 4) is 29.1 Å². The summed E-state index contributed by atoms with van der Waals surface area (Å²) < 4.78 is 21.3. The molecule has 28 heavy (non-hydrogen) atoms. The van der Waals surface area contributed by atoms with Crippen LogP contribution in [0.4, 0.5) is 0 Å². The number of aryl methyl sites for hydroxylation is 1. The Morgan fingerprint density at radius 1 is 0.929 bits per heavy atom. The van der Waals surface area contributed by atoms with Gasteiger partial charge < -0.3 is 18.9 Å². The van der Waals surface area contributed by atoms with E-state index in [1.165, 1.54) is 25.8 Å². The van der Waals surface area contributed by atoms with Crippen LogP contribution in [0.25, 0.3) is 0 Å². The number of ether oxygens (including phenoxy) is 4. The standard InChI is InChI=1S/C20H17N3O5/c1-14-6-5-9-17(23-14)28-19-12-18(21-13-22-19)26-15-7-3-4-8-16(15)27-20(24)10-11-25-2/h3-13H,1-2H3. The van der Waals surface area contributed by atoms with Crippen molar-refractivity contribution in [2.45, 2.75) is 6.92 Å². The minimum Gasteiger partial charge on any atom is -0.504 e. The van der Waals surface area contributed by atoms with Gasteiger partial charge in [0.25, 0.3) is 0 Å². The number of carbonyl (C=O) groups is 1. The number of methoxy groups -OCH3 is 1. The Balaban J connectivity index is 1.75. The van der Waals surface area contributed by atoms with E-state index in [0.29, 0.717) is 11.6 Å². The van der Waals surface area contributed by atoms with E-state index in [1.54, 1.807) is 30.3 Å². The summed E-state index contributed by atoms with van der Waals surface area (Å²) >= 11 is 0. The van der Waals surface area contributed by atoms with Gasteiger partial charge in [0.05, 0.1) is 25.5 Å². The molecule has 2 aromatic heterocycles. The van der Waals surface area contributed by atoms with Crippen molar-refractivity contribution in [3.05, 3.63) is 72.9 Å². The highest BCUT2D eigenvalue weighted by Gasteiger charge is 2.11. The van der Waals surface area contributed by atoms with Gasteiger partial charge in [0, 0.05) is 11.8 Å². The quantitative estimate of drug-likeness (QED) is 0.265. The molecule has 0 bridgehead atoms. The molecule has 2 heterocycles. The fraction of sp³-hybridized carbons (Fsp3) is 0.100. The summed E-state index contributed by atoms with van der Waals surface area (Å²) in [7, 11) is 1.43. The highest BCUT2D eigenvalue weighted by atomic mass is 16.6. The van der Waals surface area contributed by atoms with E-state index in [4.69, 9.17) is 18.9 Å². The van der Waals surface area contributed by atoms with Crippen molar-refractivity contribution in [2.75, 3.05) is 7.11 Å². The van der Waals surface area contributed by atoms with Gasteiger partial charge in [0.15, 0.2) is 11.5 Å². The van der Waals surface area contributed by atoms with Gasteiger partial charge in [-0.05, 0) is 25.1 Å². The predicted octanol–water partition coefficient (Wildman–Crippen LogP) is 3.83. The number of aromatic nitrogens is 3. The molecular formula is C20H17N3O5. The van der Waals surface area contributed by atoms with E-state index >= 15 is 0 Å². The van der Waals surface area contributed by atoms with Crippen LogP contribution in [0.1, 0.15) is 5.69 Å². The van der Waals surface area contributed by atoms with Gasteiger partial charge in [-0.25, -0.2) is 19.7 Å². The third-order valence-electron chi connectivity index (χ3n) is 3.30. The molecule has 3 aromatic rings. The lowest BCUT2D eigenvalue weighted by atomic mass is 10.3. The first kappa shape index (κ1) is 18.8. The smallest absolute Gasteiger partial charge is 0.339 e. The lowest BCUT2D eigenvalue weighted by Gasteiger charge is -2.10. The third kappa shape index (κ3) is 5.28. The Bertz CT molecular complexity index is 991. The maximum absolute atomic E-state index is 11.8. The number of benzene rings is 1. The number of carbonyl (C=O) groups excluding carboxylic acids is 1. The first-order valence-electron chi connectivity index (χ1n) is 8.25. The largest absolute Gasteiger partial charge is 0.504 e. The molecule has 0 N–H and O–H groups in total. The maximum atomic E-state index is 11.8. The number of para-hydroxylation sites is 2. The molecule has 3 rings (SSSR count). The predicted molar refractivity (Wildman–Crippen MR) is 99.4 cm³/mol. The van der Waals surface area contributed by atoms with Gasteiger partial charge in [-0.2, -0.15) is 0 Å². The molecule has 8 nitrogen and oxygen atoms in total. The Kier molecular flexibility index (Phi) is 6.14. The number of pyridine rings is 1. The highest BCUT2D eigenvalue weighted by molar-refractivity contribution is 5.84. The zero-order chi connectivity index (χ0) is 19.8. The van der Waals surface area contributed by atoms with Crippen LogP contribution in [-0.4, -0.2) is 28.0 Å². The number of nitrogens with zero attached hydrogens (tertiary/aromatic N) is 3. The second-order valence-corrected chi connectivity index (χ2v) is 5.42. The average molecular weight is 379 g/mol. The van der Waals surface area contributed by atoms with E-state index in [9.17, 15) is 4.79 Å². The van der Waals surface area contributed by atoms with Crippen LogP contribution in [0.3, 0.4) is 0 Å². The average Bonchev–Trinajstić information content (AvgIpc) is 2.68. The van der Waals surface area contributed by atoms with Crippen molar-refractivity contribution in [1.29, 1.82) is 0 Å². The molecule has 0 atom stereocenters. The van der Waals surface area contributed by atoms with E-state index in [1.807, 2.05) is 19.1 Å². The van der Waals surface area contributed by atoms with E-state index in [-0.39, 0.29) is 17.5 Å². The van der Waals surface area contributed by atoms with Crippen molar-refractivity contribution < 1.29 is 23.7 Å². The van der Waals surface area contributed by atoms with Gasteiger partial charge in [0.2, 0.25) is 17.6 Å². The summed E-state index contributed by atoms with van der Waals surface area (Å²) in [5.74, 6) is 0.822. The molecule has 142 valence electrons. The van der Waals surface area contributed by atoms with E-state index in [2.05, 4.69) is 15.0 Å². The second kappa shape index (κ2) is 9.13. The Morgan fingerprint density at radius 3 is 2.43 bits per heavy atom. The number of hydrogen-bond acceptors (Lipinski definition) is 8. The summed E-state index contributed by atoms with van der Waals surface area (Å²) in [4.78, 5) is 24.1. The van der Waals surface area contributed by atoms with Crippen LogP contribution in [0.15, 0.2) is 67.2 Å². The molecule has 0 unspecified atom stereocenters. The SMILES string of the molecule is COC=CC(=O)Oc1ccccc1Oc1cc(Oc2cccc(C)n2)ncn1. The molecule has 8 heteroatoms. The molecule has 0 saturated heterocycles. The number of hydrogen-bond donors (Lipinski definition) is 0. The number of rotatable bonds is 7. The molecule has 0 saturated carbocycles. The first-order valence-corrected chi connectivity index (χ1v) is 8.25. The normalized spacial score (nSPS) is 10.5. The minimum atomic E-state index is -0.602. The van der Waals surface area contributed by atoms with Crippen LogP contribution >= 0.6 is 0 Å². The molecule has 0 spiro atoms. The van der Waals surface area contributed by atoms with Crippen LogP contribution in [0.5, 0.6) is 29.1 Å². The third-order valence-corrected chi connectivity index (χ3v) is 3.30. The lowest BCUT2D eigenvalue weighted by molar-refractivity contribution is -0.129. The molecular weight excluding hydrogens is 362 g/mol. The van der Waals surface area contributed by atoms with Gasteiger partial charge in [-0.3, -0.25) is 0 Å². The fourth-order valence-corrected chi connectivity index (χ4v) is 2.11. The van der Waals surface area contributed by atoms with E-state index < -0.39 is 5.97 Å². The molecule has 0 aliphatic rings. The topological polar surface area (TPSA) is 92.7 Å². The first-order chi connectivity index (χ1) is 13.6. The monoisotopic (exact) mass is 379 g/mol. The summed E-state index contributed by atoms with van der Waals surface area (Å²) in [6.07, 6.45) is 3.68. The van der Waals surface area contributed by atoms with Crippen LogP contribution in [0, 0.1) is 6.92 Å². The van der Waals surface area contributed by atoms with Gasteiger partial charge in [0.1, 0.15) is 6.33 Å². The van der Waals surface area contributed by atoms with Crippen LogP contribution in [-0.2, 0) is 9.53 Å². The Labute approximate surface area is 161 Å². The van der Waals surface area contributed by atoms with Crippen molar-refractivity contribution in [3.63, 3.8) is 0 Å². The van der Waals surface area contributed by atoms with Gasteiger partial charge in [-0.1, -0.05) is 18.2 Å². The van der Waals surface area contributed by atoms with Gasteiger partial charge in [-0.15, -0.1) is 0 Å². The van der Waals surface area contributed by atoms with E-state index in [0.717, 1.165) is 11.8 Å².